The minimum absolute atomic E-state index is 0.00105. The molecule has 6 aromatic rings. The zero-order chi connectivity index (χ0) is 27.5. The van der Waals surface area contributed by atoms with Crippen molar-refractivity contribution in [3.63, 3.8) is 0 Å². The lowest BCUT2D eigenvalue weighted by atomic mass is 10.2. The van der Waals surface area contributed by atoms with Gasteiger partial charge in [0.1, 0.15) is 0 Å². The highest BCUT2D eigenvalue weighted by molar-refractivity contribution is 9.08. The largest absolute Gasteiger partial charge is 0.434 e. The lowest BCUT2D eigenvalue weighted by Crippen LogP contribution is -1.88. The molecule has 0 amide bonds. The number of aromatic nitrogens is 4. The van der Waals surface area contributed by atoms with Crippen LogP contribution in [-0.2, 0) is 5.33 Å². The number of alkyl halides is 1. The van der Waals surface area contributed by atoms with Gasteiger partial charge in [0, 0.05) is 46.4 Å². The van der Waals surface area contributed by atoms with E-state index < -0.39 is 9.85 Å². The summed E-state index contributed by atoms with van der Waals surface area (Å²) in [5.41, 5.74) is 4.90. The smallest absolute Gasteiger partial charge is 0.270 e. The average Bonchev–Trinajstić information content (AvgIpc) is 3.57. The number of benzene rings is 2. The Morgan fingerprint density at radius 3 is 1.74 bits per heavy atom. The number of halogens is 1. The summed E-state index contributed by atoms with van der Waals surface area (Å²) in [6.45, 7) is 1.86. The van der Waals surface area contributed by atoms with Crippen LogP contribution < -0.4 is 0 Å². The van der Waals surface area contributed by atoms with Crippen LogP contribution in [0.5, 0.6) is 0 Å². The van der Waals surface area contributed by atoms with Gasteiger partial charge in [0.25, 0.3) is 11.4 Å². The topological polar surface area (TPSA) is 164 Å². The molecule has 0 aliphatic carbocycles. The lowest BCUT2D eigenvalue weighted by molar-refractivity contribution is -0.385. The number of nitro benzene ring substituents is 2. The first-order chi connectivity index (χ1) is 18.8. The van der Waals surface area contributed by atoms with E-state index in [1.54, 1.807) is 36.4 Å². The van der Waals surface area contributed by atoms with Gasteiger partial charge >= 0.3 is 0 Å². The predicted molar refractivity (Wildman–Crippen MR) is 145 cm³/mol. The highest BCUT2D eigenvalue weighted by Crippen LogP contribution is 2.27. The third kappa shape index (κ3) is 5.62. The van der Waals surface area contributed by atoms with Crippen LogP contribution in [-0.4, -0.2) is 29.8 Å². The maximum atomic E-state index is 10.8. The molecule has 2 aromatic carbocycles. The molecule has 0 aliphatic rings. The first kappa shape index (κ1) is 25.6. The summed E-state index contributed by atoms with van der Waals surface area (Å²) in [4.78, 5) is 37.7. The van der Waals surface area contributed by atoms with Gasteiger partial charge in [-0.1, -0.05) is 28.1 Å². The average molecular weight is 589 g/mol. The van der Waals surface area contributed by atoms with Crippen molar-refractivity contribution < 1.29 is 18.7 Å². The summed E-state index contributed by atoms with van der Waals surface area (Å²) in [6.07, 6.45) is 0. The summed E-state index contributed by atoms with van der Waals surface area (Å²) in [6, 6.07) is 19.5. The molecule has 0 radical (unpaired) electrons. The number of fused-ring (bicyclic) bond motifs is 2. The zero-order valence-electron chi connectivity index (χ0n) is 20.1. The van der Waals surface area contributed by atoms with Crippen LogP contribution in [0.4, 0.5) is 11.4 Å². The molecule has 12 nitrogen and oxygen atoms in total. The molecule has 13 heteroatoms. The normalized spacial score (nSPS) is 10.8. The van der Waals surface area contributed by atoms with Crippen molar-refractivity contribution in [3.05, 3.63) is 104 Å². The fourth-order valence-corrected chi connectivity index (χ4v) is 3.91. The Balaban J connectivity index is 0.000000158. The Morgan fingerprint density at radius 2 is 1.23 bits per heavy atom. The summed E-state index contributed by atoms with van der Waals surface area (Å²) >= 11 is 3.32. The number of nitrogens with zero attached hydrogens (tertiary/aromatic N) is 6. The van der Waals surface area contributed by atoms with Gasteiger partial charge in [-0.25, -0.2) is 9.97 Å². The van der Waals surface area contributed by atoms with E-state index in [0.29, 0.717) is 50.7 Å². The molecule has 0 spiro atoms. The fraction of sp³-hybridized carbons (Fsp3) is 0.0769. The lowest BCUT2D eigenvalue weighted by Gasteiger charge is -1.94. The van der Waals surface area contributed by atoms with Crippen molar-refractivity contribution in [2.75, 3.05) is 0 Å². The molecule has 0 fully saturated rings. The van der Waals surface area contributed by atoms with Crippen molar-refractivity contribution in [2.45, 2.75) is 12.3 Å². The van der Waals surface area contributed by atoms with Gasteiger partial charge in [0.2, 0.25) is 11.8 Å². The van der Waals surface area contributed by atoms with Crippen LogP contribution in [0.1, 0.15) is 11.4 Å². The van der Waals surface area contributed by atoms with E-state index >= 15 is 0 Å². The summed E-state index contributed by atoms with van der Waals surface area (Å²) in [5, 5.41) is 22.1. The highest BCUT2D eigenvalue weighted by Gasteiger charge is 2.14. The number of hydrogen-bond donors (Lipinski definition) is 0. The standard InChI is InChI=1S/C13H8BrN3O3.C13H9N3O3/c14-7-9-4-5-11-12(15-9)16-13(20-11)8-2-1-3-10(6-8)17(18)19;1-8-5-6-11-12(14-8)15-13(19-11)9-3-2-4-10(7-9)16(17)18/h1-6H,7H2;2-7H,1H3. The van der Waals surface area contributed by atoms with Crippen LogP contribution in [0.2, 0.25) is 0 Å². The molecule has 0 saturated carbocycles. The molecule has 0 N–H and O–H groups in total. The van der Waals surface area contributed by atoms with Crippen molar-refractivity contribution in [1.82, 2.24) is 19.9 Å². The maximum Gasteiger partial charge on any atom is 0.270 e. The Hall–Kier alpha value is -5.04. The Bertz CT molecular complexity index is 1850. The number of aryl methyl sites for hydroxylation is 1. The van der Waals surface area contributed by atoms with Crippen molar-refractivity contribution in [2.24, 2.45) is 0 Å². The van der Waals surface area contributed by atoms with Gasteiger partial charge in [-0.2, -0.15) is 9.97 Å². The number of oxazole rings is 2. The number of pyridine rings is 2. The van der Waals surface area contributed by atoms with Crippen molar-refractivity contribution in [1.29, 1.82) is 0 Å². The zero-order valence-corrected chi connectivity index (χ0v) is 21.7. The van der Waals surface area contributed by atoms with Crippen molar-refractivity contribution >= 4 is 49.8 Å². The van der Waals surface area contributed by atoms with E-state index in [2.05, 4.69) is 35.9 Å². The van der Waals surface area contributed by atoms with Gasteiger partial charge in [0.15, 0.2) is 22.5 Å². The Morgan fingerprint density at radius 1 is 0.718 bits per heavy atom. The van der Waals surface area contributed by atoms with E-state index in [4.69, 9.17) is 8.83 Å². The quantitative estimate of drug-likeness (QED) is 0.119. The molecule has 4 aromatic heterocycles. The number of rotatable bonds is 5. The highest BCUT2D eigenvalue weighted by atomic mass is 79.9. The third-order valence-electron chi connectivity index (χ3n) is 5.45. The van der Waals surface area contributed by atoms with E-state index in [-0.39, 0.29) is 11.4 Å². The SMILES string of the molecule is Cc1ccc2oc(-c3cccc([N+](=O)[O-])c3)nc2n1.O=[N+]([O-])c1cccc(-c2nc3nc(CBr)ccc3o2)c1. The van der Waals surface area contributed by atoms with Gasteiger partial charge in [-0.15, -0.1) is 0 Å². The van der Waals surface area contributed by atoms with Gasteiger partial charge in [0.05, 0.1) is 15.5 Å². The molecule has 0 aliphatic heterocycles. The number of hydrogen-bond acceptors (Lipinski definition) is 10. The van der Waals surface area contributed by atoms with Crippen LogP contribution in [0.3, 0.4) is 0 Å². The molecule has 0 atom stereocenters. The van der Waals surface area contributed by atoms with Crippen LogP contribution in [0, 0.1) is 27.2 Å². The molecule has 0 unspecified atom stereocenters. The first-order valence-corrected chi connectivity index (χ1v) is 12.5. The number of nitro groups is 2. The van der Waals surface area contributed by atoms with Crippen LogP contribution >= 0.6 is 15.9 Å². The minimum Gasteiger partial charge on any atom is -0.434 e. The Kier molecular flexibility index (Phi) is 7.06. The van der Waals surface area contributed by atoms with Crippen LogP contribution in [0.15, 0.2) is 81.6 Å². The van der Waals surface area contributed by atoms with Crippen molar-refractivity contribution in [3.8, 4) is 22.9 Å². The minimum atomic E-state index is -0.451. The summed E-state index contributed by atoms with van der Waals surface area (Å²) in [5.74, 6) is 0.653. The second kappa shape index (κ2) is 10.8. The molecular formula is C26H17BrN6O6. The van der Waals surface area contributed by atoms with E-state index in [0.717, 1.165) is 11.4 Å². The molecule has 39 heavy (non-hydrogen) atoms. The van der Waals surface area contributed by atoms with Gasteiger partial charge in [-0.3, -0.25) is 20.2 Å². The monoisotopic (exact) mass is 588 g/mol. The fourth-order valence-electron chi connectivity index (χ4n) is 3.60. The van der Waals surface area contributed by atoms with Gasteiger partial charge in [-0.05, 0) is 43.3 Å². The third-order valence-corrected chi connectivity index (χ3v) is 6.02. The number of non-ortho nitro benzene ring substituents is 2. The second-order valence-corrected chi connectivity index (χ2v) is 8.75. The van der Waals surface area contributed by atoms with E-state index in [1.165, 1.54) is 24.3 Å². The molecule has 4 heterocycles. The van der Waals surface area contributed by atoms with E-state index in [1.807, 2.05) is 19.1 Å². The van der Waals surface area contributed by atoms with E-state index in [9.17, 15) is 20.2 Å². The first-order valence-electron chi connectivity index (χ1n) is 11.4. The Labute approximate surface area is 227 Å². The molecule has 0 saturated heterocycles. The molecule has 194 valence electrons. The maximum absolute atomic E-state index is 10.8. The molecule has 6 rings (SSSR count). The second-order valence-electron chi connectivity index (χ2n) is 8.19. The molecule has 0 bridgehead atoms. The van der Waals surface area contributed by atoms with Crippen LogP contribution in [0.25, 0.3) is 45.4 Å². The summed E-state index contributed by atoms with van der Waals surface area (Å²) in [7, 11) is 0. The van der Waals surface area contributed by atoms with Gasteiger partial charge < -0.3 is 8.83 Å². The predicted octanol–water partition coefficient (Wildman–Crippen LogP) is 6.80. The molecular weight excluding hydrogens is 572 g/mol. The summed E-state index contributed by atoms with van der Waals surface area (Å²) < 4.78 is 11.1.